The van der Waals surface area contributed by atoms with Crippen LogP contribution in [0.2, 0.25) is 0 Å². The lowest BCUT2D eigenvalue weighted by molar-refractivity contribution is -0.131. The van der Waals surface area contributed by atoms with Gasteiger partial charge in [0, 0.05) is 24.2 Å². The smallest absolute Gasteiger partial charge is 0.325 e. The zero-order valence-corrected chi connectivity index (χ0v) is 19.6. The van der Waals surface area contributed by atoms with E-state index in [-0.39, 0.29) is 42.8 Å². The topological polar surface area (TPSA) is 108 Å². The van der Waals surface area contributed by atoms with Gasteiger partial charge in [0.1, 0.15) is 11.4 Å². The third-order valence-electron chi connectivity index (χ3n) is 6.64. The Morgan fingerprint density at radius 3 is 2.37 bits per heavy atom. The average molecular weight is 481 g/mol. The molecule has 1 atom stereocenters. The van der Waals surface area contributed by atoms with Crippen LogP contribution in [0.1, 0.15) is 67.4 Å². The molecule has 8 nitrogen and oxygen atoms in total. The molecule has 1 spiro atoms. The number of imide groups is 1. The maximum atomic E-state index is 13.0. The molecule has 2 aliphatic rings. The summed E-state index contributed by atoms with van der Waals surface area (Å²) in [5.41, 5.74) is 1.06. The average Bonchev–Trinajstić information content (AvgIpc) is 3.40. The Hall–Kier alpha value is -3.75. The number of carbonyl (C=O) groups is 4. The van der Waals surface area contributed by atoms with E-state index in [9.17, 15) is 23.6 Å². The van der Waals surface area contributed by atoms with Crippen LogP contribution in [0.4, 0.5) is 14.9 Å². The van der Waals surface area contributed by atoms with Crippen molar-refractivity contribution < 1.29 is 23.6 Å². The molecule has 184 valence electrons. The highest BCUT2D eigenvalue weighted by Gasteiger charge is 2.52. The highest BCUT2D eigenvalue weighted by molar-refractivity contribution is 6.07. The molecule has 2 fully saturated rings. The highest BCUT2D eigenvalue weighted by atomic mass is 19.1. The molecule has 2 aromatic carbocycles. The molecule has 1 saturated heterocycles. The Kier molecular flexibility index (Phi) is 7.14. The van der Waals surface area contributed by atoms with Crippen LogP contribution in [0.5, 0.6) is 0 Å². The van der Waals surface area contributed by atoms with Crippen LogP contribution in [0.25, 0.3) is 0 Å². The second kappa shape index (κ2) is 10.2. The van der Waals surface area contributed by atoms with Crippen molar-refractivity contribution in [1.29, 1.82) is 0 Å². The minimum Gasteiger partial charge on any atom is -0.350 e. The zero-order chi connectivity index (χ0) is 25.0. The molecular formula is C26H29FN4O4. The van der Waals surface area contributed by atoms with Crippen molar-refractivity contribution in [3.8, 4) is 0 Å². The molecule has 5 amide bonds. The van der Waals surface area contributed by atoms with E-state index in [1.165, 1.54) is 29.2 Å². The maximum absolute atomic E-state index is 13.0. The first-order valence-electron chi connectivity index (χ1n) is 11.9. The summed E-state index contributed by atoms with van der Waals surface area (Å²) in [4.78, 5) is 50.8. The van der Waals surface area contributed by atoms with E-state index in [1.54, 1.807) is 24.3 Å². The molecule has 1 aliphatic heterocycles. The van der Waals surface area contributed by atoms with Crippen molar-refractivity contribution in [3.63, 3.8) is 0 Å². The zero-order valence-electron chi connectivity index (χ0n) is 19.6. The van der Waals surface area contributed by atoms with Gasteiger partial charge in [-0.15, -0.1) is 0 Å². The van der Waals surface area contributed by atoms with Crippen LogP contribution in [0, 0.1) is 5.82 Å². The summed E-state index contributed by atoms with van der Waals surface area (Å²) in [7, 11) is 0. The van der Waals surface area contributed by atoms with Crippen LogP contribution in [0.15, 0.2) is 48.5 Å². The Bertz CT molecular complexity index is 1110. The van der Waals surface area contributed by atoms with E-state index < -0.39 is 11.4 Å². The SMILES string of the molecule is CC(NC(=O)CCCN1C(=O)NC2(CCCC2)C1=O)c1ccc(NC(=O)c2ccc(F)cc2)cc1. The fourth-order valence-electron chi connectivity index (χ4n) is 4.65. The van der Waals surface area contributed by atoms with Gasteiger partial charge in [0.25, 0.3) is 11.8 Å². The lowest BCUT2D eigenvalue weighted by Gasteiger charge is -2.20. The number of hydrogen-bond donors (Lipinski definition) is 3. The molecule has 0 bridgehead atoms. The Morgan fingerprint density at radius 1 is 1.06 bits per heavy atom. The predicted molar refractivity (Wildman–Crippen MR) is 128 cm³/mol. The third-order valence-corrected chi connectivity index (χ3v) is 6.64. The van der Waals surface area contributed by atoms with E-state index in [0.717, 1.165) is 18.4 Å². The number of nitrogens with one attached hydrogen (secondary N) is 3. The number of urea groups is 1. The Labute approximate surface area is 203 Å². The number of nitrogens with zero attached hydrogens (tertiary/aromatic N) is 1. The number of hydrogen-bond acceptors (Lipinski definition) is 4. The summed E-state index contributed by atoms with van der Waals surface area (Å²) in [6.45, 7) is 2.07. The first kappa shape index (κ1) is 24.4. The number of carbonyl (C=O) groups excluding carboxylic acids is 4. The summed E-state index contributed by atoms with van der Waals surface area (Å²) in [6, 6.07) is 11.7. The van der Waals surface area contributed by atoms with Crippen molar-refractivity contribution in [2.24, 2.45) is 0 Å². The molecule has 1 unspecified atom stereocenters. The molecule has 1 saturated carbocycles. The summed E-state index contributed by atoms with van der Waals surface area (Å²) in [5.74, 6) is -1.09. The van der Waals surface area contributed by atoms with Gasteiger partial charge in [0.15, 0.2) is 0 Å². The van der Waals surface area contributed by atoms with Crippen LogP contribution >= 0.6 is 0 Å². The van der Waals surface area contributed by atoms with Gasteiger partial charge in [-0.25, -0.2) is 9.18 Å². The van der Waals surface area contributed by atoms with E-state index in [2.05, 4.69) is 16.0 Å². The fraction of sp³-hybridized carbons (Fsp3) is 0.385. The van der Waals surface area contributed by atoms with E-state index in [1.807, 2.05) is 6.92 Å². The first-order valence-corrected chi connectivity index (χ1v) is 11.9. The molecule has 3 N–H and O–H groups in total. The van der Waals surface area contributed by atoms with Gasteiger partial charge >= 0.3 is 6.03 Å². The second-order valence-corrected chi connectivity index (χ2v) is 9.15. The predicted octanol–water partition coefficient (Wildman–Crippen LogP) is 3.90. The second-order valence-electron chi connectivity index (χ2n) is 9.15. The van der Waals surface area contributed by atoms with Gasteiger partial charge in [0.2, 0.25) is 5.91 Å². The van der Waals surface area contributed by atoms with Gasteiger partial charge in [-0.1, -0.05) is 25.0 Å². The van der Waals surface area contributed by atoms with Crippen molar-refractivity contribution in [2.75, 3.05) is 11.9 Å². The molecular weight excluding hydrogens is 451 g/mol. The first-order chi connectivity index (χ1) is 16.8. The van der Waals surface area contributed by atoms with Gasteiger partial charge in [0.05, 0.1) is 6.04 Å². The molecule has 35 heavy (non-hydrogen) atoms. The Morgan fingerprint density at radius 2 is 1.71 bits per heavy atom. The minimum atomic E-state index is -0.724. The lowest BCUT2D eigenvalue weighted by atomic mass is 9.98. The van der Waals surface area contributed by atoms with Crippen LogP contribution in [-0.2, 0) is 9.59 Å². The molecule has 1 heterocycles. The van der Waals surface area contributed by atoms with Crippen molar-refractivity contribution in [1.82, 2.24) is 15.5 Å². The van der Waals surface area contributed by atoms with Crippen LogP contribution in [-0.4, -0.2) is 40.7 Å². The maximum Gasteiger partial charge on any atom is 0.325 e. The summed E-state index contributed by atoms with van der Waals surface area (Å²) >= 11 is 0. The fourth-order valence-corrected chi connectivity index (χ4v) is 4.65. The number of amides is 5. The van der Waals surface area contributed by atoms with Gasteiger partial charge in [-0.2, -0.15) is 0 Å². The van der Waals surface area contributed by atoms with Crippen molar-refractivity contribution in [2.45, 2.75) is 57.0 Å². The van der Waals surface area contributed by atoms with Gasteiger partial charge in [-0.05, 0) is 68.1 Å². The number of halogens is 1. The number of rotatable bonds is 8. The quantitative estimate of drug-likeness (QED) is 0.498. The summed E-state index contributed by atoms with van der Waals surface area (Å²) in [5, 5.41) is 8.51. The largest absolute Gasteiger partial charge is 0.350 e. The summed E-state index contributed by atoms with van der Waals surface area (Å²) in [6.07, 6.45) is 3.81. The molecule has 4 rings (SSSR count). The number of anilines is 1. The normalized spacial score (nSPS) is 17.4. The molecule has 9 heteroatoms. The molecule has 0 aromatic heterocycles. The van der Waals surface area contributed by atoms with Gasteiger partial charge in [-0.3, -0.25) is 19.3 Å². The van der Waals surface area contributed by atoms with Crippen molar-refractivity contribution >= 4 is 29.4 Å². The minimum absolute atomic E-state index is 0.166. The van der Waals surface area contributed by atoms with Crippen LogP contribution in [0.3, 0.4) is 0 Å². The lowest BCUT2D eigenvalue weighted by Crippen LogP contribution is -2.44. The third kappa shape index (κ3) is 5.50. The molecule has 1 aliphatic carbocycles. The molecule has 0 radical (unpaired) electrons. The highest BCUT2D eigenvalue weighted by Crippen LogP contribution is 2.35. The van der Waals surface area contributed by atoms with E-state index >= 15 is 0 Å². The Balaban J connectivity index is 1.22. The monoisotopic (exact) mass is 480 g/mol. The number of benzene rings is 2. The van der Waals surface area contributed by atoms with Crippen LogP contribution < -0.4 is 16.0 Å². The summed E-state index contributed by atoms with van der Waals surface area (Å²) < 4.78 is 13.0. The van der Waals surface area contributed by atoms with E-state index in [0.29, 0.717) is 30.5 Å². The van der Waals surface area contributed by atoms with Gasteiger partial charge < -0.3 is 16.0 Å². The molecule has 2 aromatic rings. The standard InChI is InChI=1S/C26H29FN4O4/c1-17(18-8-12-21(13-9-18)29-23(33)19-6-10-20(27)11-7-19)28-22(32)5-4-16-31-24(34)26(30-25(31)35)14-2-3-15-26/h6-13,17H,2-5,14-16H2,1H3,(H,28,32)(H,29,33)(H,30,35). The van der Waals surface area contributed by atoms with E-state index in [4.69, 9.17) is 0 Å². The van der Waals surface area contributed by atoms with Crippen molar-refractivity contribution in [3.05, 3.63) is 65.5 Å².